The van der Waals surface area contributed by atoms with Crippen molar-refractivity contribution in [3.05, 3.63) is 34.4 Å². The van der Waals surface area contributed by atoms with Crippen LogP contribution in [0.1, 0.15) is 34.6 Å². The van der Waals surface area contributed by atoms with Crippen LogP contribution < -0.4 is 5.32 Å². The molecule has 2 unspecified atom stereocenters. The standard InChI is InChI=1S/C13H19NS/c1-8-5-10(3)12(6-9(8)2)13-14-7-11(4)15-13/h5-6,11,13-14H,7H2,1-4H3. The number of rotatable bonds is 1. The largest absolute Gasteiger partial charge is 0.301 e. The van der Waals surface area contributed by atoms with Gasteiger partial charge in [-0.25, -0.2) is 0 Å². The van der Waals surface area contributed by atoms with Crippen molar-refractivity contribution < 1.29 is 0 Å². The van der Waals surface area contributed by atoms with E-state index in [4.69, 9.17) is 0 Å². The minimum Gasteiger partial charge on any atom is -0.301 e. The Kier molecular flexibility index (Phi) is 3.08. The Morgan fingerprint density at radius 1 is 1.13 bits per heavy atom. The summed E-state index contributed by atoms with van der Waals surface area (Å²) in [6, 6.07) is 4.64. The topological polar surface area (TPSA) is 12.0 Å². The smallest absolute Gasteiger partial charge is 0.0795 e. The summed E-state index contributed by atoms with van der Waals surface area (Å²) in [6.07, 6.45) is 0. The maximum Gasteiger partial charge on any atom is 0.0795 e. The van der Waals surface area contributed by atoms with Crippen LogP contribution in [0.4, 0.5) is 0 Å². The molecule has 2 atom stereocenters. The van der Waals surface area contributed by atoms with Crippen molar-refractivity contribution in [3.63, 3.8) is 0 Å². The first-order valence-corrected chi connectivity index (χ1v) is 6.49. The average molecular weight is 221 g/mol. The second-order valence-electron chi connectivity index (χ2n) is 4.53. The fourth-order valence-corrected chi connectivity index (χ4v) is 3.30. The van der Waals surface area contributed by atoms with Crippen LogP contribution in [0.5, 0.6) is 0 Å². The second kappa shape index (κ2) is 4.18. The molecule has 1 heterocycles. The van der Waals surface area contributed by atoms with E-state index in [0.29, 0.717) is 5.37 Å². The van der Waals surface area contributed by atoms with E-state index in [1.54, 1.807) is 0 Å². The van der Waals surface area contributed by atoms with Crippen LogP contribution in [0.15, 0.2) is 12.1 Å². The molecule has 2 heteroatoms. The van der Waals surface area contributed by atoms with Crippen molar-refractivity contribution in [1.82, 2.24) is 5.32 Å². The molecular formula is C13H19NS. The molecule has 1 nitrogen and oxygen atoms in total. The van der Waals surface area contributed by atoms with Gasteiger partial charge in [-0.15, -0.1) is 11.8 Å². The number of hydrogen-bond donors (Lipinski definition) is 1. The number of thioether (sulfide) groups is 1. The van der Waals surface area contributed by atoms with E-state index in [1.807, 2.05) is 11.8 Å². The Hall–Kier alpha value is -0.470. The molecule has 1 aliphatic rings. The zero-order chi connectivity index (χ0) is 11.0. The van der Waals surface area contributed by atoms with E-state index in [-0.39, 0.29) is 0 Å². The van der Waals surface area contributed by atoms with Gasteiger partial charge < -0.3 is 5.32 Å². The normalized spacial score (nSPS) is 25.9. The first-order valence-electron chi connectivity index (χ1n) is 5.54. The van der Waals surface area contributed by atoms with Gasteiger partial charge in [0.2, 0.25) is 0 Å². The predicted molar refractivity (Wildman–Crippen MR) is 68.4 cm³/mol. The highest BCUT2D eigenvalue weighted by molar-refractivity contribution is 8.00. The molecule has 0 radical (unpaired) electrons. The third-order valence-corrected chi connectivity index (χ3v) is 4.45. The molecule has 2 rings (SSSR count). The van der Waals surface area contributed by atoms with Gasteiger partial charge in [-0.1, -0.05) is 19.1 Å². The molecule has 15 heavy (non-hydrogen) atoms. The van der Waals surface area contributed by atoms with Crippen LogP contribution in [0.3, 0.4) is 0 Å². The van der Waals surface area contributed by atoms with Gasteiger partial charge in [-0.3, -0.25) is 0 Å². The zero-order valence-corrected chi connectivity index (χ0v) is 10.7. The molecule has 0 saturated carbocycles. The van der Waals surface area contributed by atoms with Gasteiger partial charge in [0.15, 0.2) is 0 Å². The Morgan fingerprint density at radius 2 is 1.80 bits per heavy atom. The van der Waals surface area contributed by atoms with Gasteiger partial charge in [0.05, 0.1) is 5.37 Å². The Morgan fingerprint density at radius 3 is 2.40 bits per heavy atom. The van der Waals surface area contributed by atoms with Crippen molar-refractivity contribution in [1.29, 1.82) is 0 Å². The van der Waals surface area contributed by atoms with Crippen LogP contribution in [0, 0.1) is 20.8 Å². The highest BCUT2D eigenvalue weighted by Gasteiger charge is 2.23. The second-order valence-corrected chi connectivity index (χ2v) is 6.08. The Bertz CT molecular complexity index is 373. The summed E-state index contributed by atoms with van der Waals surface area (Å²) >= 11 is 2.04. The number of hydrogen-bond acceptors (Lipinski definition) is 2. The summed E-state index contributed by atoms with van der Waals surface area (Å²) < 4.78 is 0. The average Bonchev–Trinajstić information content (AvgIpc) is 2.58. The van der Waals surface area contributed by atoms with Crippen LogP contribution in [-0.2, 0) is 0 Å². The molecule has 1 aromatic carbocycles. The molecule has 1 aromatic rings. The molecule has 0 aliphatic carbocycles. The van der Waals surface area contributed by atoms with Gasteiger partial charge in [0.25, 0.3) is 0 Å². The van der Waals surface area contributed by atoms with Crippen molar-refractivity contribution in [2.45, 2.75) is 38.3 Å². The molecular weight excluding hydrogens is 202 g/mol. The fraction of sp³-hybridized carbons (Fsp3) is 0.538. The first-order chi connectivity index (χ1) is 7.08. The van der Waals surface area contributed by atoms with Crippen molar-refractivity contribution in [2.75, 3.05) is 6.54 Å². The molecule has 1 fully saturated rings. The lowest BCUT2D eigenvalue weighted by Gasteiger charge is -2.15. The van der Waals surface area contributed by atoms with Crippen LogP contribution >= 0.6 is 11.8 Å². The molecule has 0 spiro atoms. The van der Waals surface area contributed by atoms with Crippen LogP contribution in [-0.4, -0.2) is 11.8 Å². The molecule has 0 bridgehead atoms. The highest BCUT2D eigenvalue weighted by atomic mass is 32.2. The third-order valence-electron chi connectivity index (χ3n) is 3.12. The summed E-state index contributed by atoms with van der Waals surface area (Å²) in [7, 11) is 0. The van der Waals surface area contributed by atoms with E-state index in [2.05, 4.69) is 45.1 Å². The summed E-state index contributed by atoms with van der Waals surface area (Å²) in [4.78, 5) is 0. The predicted octanol–water partition coefficient (Wildman–Crippen LogP) is 3.34. The molecule has 1 aliphatic heterocycles. The molecule has 82 valence electrons. The minimum absolute atomic E-state index is 0.499. The maximum absolute atomic E-state index is 3.57. The Balaban J connectivity index is 2.32. The van der Waals surface area contributed by atoms with Crippen LogP contribution in [0.25, 0.3) is 0 Å². The molecule has 0 amide bonds. The maximum atomic E-state index is 3.57. The summed E-state index contributed by atoms with van der Waals surface area (Å²) in [5.74, 6) is 0. The Labute approximate surface area is 96.7 Å². The zero-order valence-electron chi connectivity index (χ0n) is 9.92. The summed E-state index contributed by atoms with van der Waals surface area (Å²) in [6.45, 7) is 10.0. The van der Waals surface area contributed by atoms with E-state index in [9.17, 15) is 0 Å². The lowest BCUT2D eigenvalue weighted by Crippen LogP contribution is -2.15. The van der Waals surface area contributed by atoms with E-state index < -0.39 is 0 Å². The molecule has 1 N–H and O–H groups in total. The quantitative estimate of drug-likeness (QED) is 0.780. The van der Waals surface area contributed by atoms with Gasteiger partial charge in [-0.05, 0) is 43.0 Å². The first kappa shape index (κ1) is 11.0. The lowest BCUT2D eigenvalue weighted by molar-refractivity contribution is 0.714. The minimum atomic E-state index is 0.499. The summed E-state index contributed by atoms with van der Waals surface area (Å²) in [5, 5.41) is 4.80. The molecule has 0 aromatic heterocycles. The van der Waals surface area contributed by atoms with E-state index in [1.165, 1.54) is 22.3 Å². The SMILES string of the molecule is Cc1cc(C)c(C2NCC(C)S2)cc1C. The highest BCUT2D eigenvalue weighted by Crippen LogP contribution is 2.36. The third kappa shape index (κ3) is 2.21. The van der Waals surface area contributed by atoms with Gasteiger partial charge in [0.1, 0.15) is 0 Å². The summed E-state index contributed by atoms with van der Waals surface area (Å²) in [5.41, 5.74) is 5.68. The number of nitrogens with one attached hydrogen (secondary N) is 1. The van der Waals surface area contributed by atoms with Gasteiger partial charge in [-0.2, -0.15) is 0 Å². The van der Waals surface area contributed by atoms with Crippen molar-refractivity contribution in [3.8, 4) is 0 Å². The van der Waals surface area contributed by atoms with Crippen molar-refractivity contribution in [2.24, 2.45) is 0 Å². The monoisotopic (exact) mass is 221 g/mol. The number of benzene rings is 1. The lowest BCUT2D eigenvalue weighted by atomic mass is 10.0. The van der Waals surface area contributed by atoms with Crippen LogP contribution in [0.2, 0.25) is 0 Å². The molecule has 1 saturated heterocycles. The van der Waals surface area contributed by atoms with Gasteiger partial charge in [0, 0.05) is 11.8 Å². The fourth-order valence-electron chi connectivity index (χ4n) is 2.05. The van der Waals surface area contributed by atoms with E-state index >= 15 is 0 Å². The van der Waals surface area contributed by atoms with E-state index in [0.717, 1.165) is 11.8 Å². The van der Waals surface area contributed by atoms with Gasteiger partial charge >= 0.3 is 0 Å². The van der Waals surface area contributed by atoms with Crippen molar-refractivity contribution >= 4 is 11.8 Å². The number of aryl methyl sites for hydroxylation is 3.